The third-order valence-corrected chi connectivity index (χ3v) is 10.6. The summed E-state index contributed by atoms with van der Waals surface area (Å²) < 4.78 is 162. The molecule has 286 valence electrons. The molecule has 54 heavy (non-hydrogen) atoms. The maximum absolute atomic E-state index is 14.6. The van der Waals surface area contributed by atoms with Crippen molar-refractivity contribution in [2.75, 3.05) is 0 Å². The lowest BCUT2D eigenvalue weighted by Crippen LogP contribution is -2.66. The first-order chi connectivity index (χ1) is 24.7. The van der Waals surface area contributed by atoms with Crippen molar-refractivity contribution < 1.29 is 71.1 Å². The number of hydrogen-bond donors (Lipinski definition) is 0. The van der Waals surface area contributed by atoms with Crippen molar-refractivity contribution in [3.05, 3.63) is 108 Å². The van der Waals surface area contributed by atoms with Gasteiger partial charge in [0.2, 0.25) is 11.6 Å². The zero-order valence-corrected chi connectivity index (χ0v) is 29.7. The summed E-state index contributed by atoms with van der Waals surface area (Å²) in [6.07, 6.45) is -4.32. The van der Waals surface area contributed by atoms with Crippen LogP contribution in [0.5, 0.6) is 0 Å². The van der Waals surface area contributed by atoms with Crippen LogP contribution in [-0.2, 0) is 27.7 Å². The molecule has 0 spiro atoms. The van der Waals surface area contributed by atoms with Gasteiger partial charge < -0.3 is 0 Å². The van der Waals surface area contributed by atoms with Gasteiger partial charge >= 0.3 is 23.7 Å². The molecule has 4 aromatic carbocycles. The van der Waals surface area contributed by atoms with Gasteiger partial charge in [0.05, 0.1) is 22.6 Å². The molecular weight excluding hydrogens is 823 g/mol. The average molecular weight is 844 g/mol. The Morgan fingerprint density at radius 1 is 0.426 bits per heavy atom. The minimum atomic E-state index is -7.26. The Morgan fingerprint density at radius 2 is 0.648 bits per heavy atom. The quantitative estimate of drug-likeness (QED) is 0.0504. The van der Waals surface area contributed by atoms with Crippen LogP contribution in [-0.4, -0.2) is 63.7 Å². The highest BCUT2D eigenvalue weighted by Crippen LogP contribution is 2.53. The van der Waals surface area contributed by atoms with Gasteiger partial charge in [0.15, 0.2) is 11.6 Å². The van der Waals surface area contributed by atoms with Gasteiger partial charge in [-0.1, -0.05) is 72.8 Å². The van der Waals surface area contributed by atoms with E-state index < -0.39 is 88.9 Å². The molecule has 0 N–H and O–H groups in total. The van der Waals surface area contributed by atoms with Gasteiger partial charge in [0.1, 0.15) is 0 Å². The second-order valence-corrected chi connectivity index (χ2v) is 16.6. The Kier molecular flexibility index (Phi) is 11.7. The number of carbonyl (C=O) groups is 4. The van der Waals surface area contributed by atoms with Crippen LogP contribution in [0.2, 0.25) is 0 Å². The summed E-state index contributed by atoms with van der Waals surface area (Å²) in [5.41, 5.74) is 0.167. The van der Waals surface area contributed by atoms with Gasteiger partial charge in [-0.15, -0.1) is 0 Å². The molecule has 0 aliphatic rings. The summed E-state index contributed by atoms with van der Waals surface area (Å²) in [5.74, 6) is -37.4. The van der Waals surface area contributed by atoms with Crippen molar-refractivity contribution in [2.45, 2.75) is 46.3 Å². The smallest absolute Gasteiger partial charge is 0.294 e. The third kappa shape index (κ3) is 8.40. The normalized spacial score (nSPS) is 13.0. The highest BCUT2D eigenvalue weighted by atomic mass is 35.7. The summed E-state index contributed by atoms with van der Waals surface area (Å²) >= 11 is 0. The SMILES string of the molecule is O=C(CC(=O)C(F)(F)C(F)(F)C(F)(F)C(F)(F)C(=O)CC(=O)c1ccc(-c2ccc(S(=O)(=O)Cl)cc2)cc1)c1ccc(-c2ccc(S(=O)(=O)Cl)cc2)cc1. The van der Waals surface area contributed by atoms with Crippen molar-refractivity contribution in [1.29, 1.82) is 0 Å². The number of alkyl halides is 8. The minimum absolute atomic E-state index is 0.254. The van der Waals surface area contributed by atoms with Gasteiger partial charge in [-0.25, -0.2) is 16.8 Å². The van der Waals surface area contributed by atoms with Gasteiger partial charge in [-0.2, -0.15) is 35.1 Å². The summed E-state index contributed by atoms with van der Waals surface area (Å²) in [5, 5.41) is 0. The molecule has 0 unspecified atom stereocenters. The topological polar surface area (TPSA) is 137 Å². The fraction of sp³-hybridized carbons (Fsp3) is 0.176. The van der Waals surface area contributed by atoms with Crippen molar-refractivity contribution in [3.8, 4) is 22.3 Å². The third-order valence-electron chi connectivity index (χ3n) is 7.88. The van der Waals surface area contributed by atoms with Crippen LogP contribution in [0.3, 0.4) is 0 Å². The van der Waals surface area contributed by atoms with Crippen LogP contribution in [0, 0.1) is 0 Å². The van der Waals surface area contributed by atoms with E-state index in [9.17, 15) is 71.1 Å². The van der Waals surface area contributed by atoms with E-state index in [4.69, 9.17) is 21.4 Å². The second kappa shape index (κ2) is 15.0. The van der Waals surface area contributed by atoms with E-state index in [2.05, 4.69) is 0 Å². The lowest BCUT2D eigenvalue weighted by molar-refractivity contribution is -0.346. The molecular formula is C34H20Cl2F8O8S2. The van der Waals surface area contributed by atoms with Gasteiger partial charge in [-0.3, -0.25) is 19.2 Å². The summed E-state index contributed by atoms with van der Waals surface area (Å²) in [4.78, 5) is 48.7. The lowest BCUT2D eigenvalue weighted by Gasteiger charge is -2.35. The Bertz CT molecular complexity index is 2170. The lowest BCUT2D eigenvalue weighted by atomic mass is 9.89. The fourth-order valence-electron chi connectivity index (χ4n) is 4.78. The molecule has 0 saturated heterocycles. The molecule has 0 atom stereocenters. The Labute approximate surface area is 309 Å². The highest BCUT2D eigenvalue weighted by molar-refractivity contribution is 8.14. The Morgan fingerprint density at radius 3 is 0.870 bits per heavy atom. The number of benzene rings is 4. The predicted molar refractivity (Wildman–Crippen MR) is 178 cm³/mol. The molecule has 0 heterocycles. The number of carbonyl (C=O) groups excluding carboxylic acids is 4. The first kappa shape index (κ1) is 42.2. The Hall–Kier alpha value is -4.52. The minimum Gasteiger partial charge on any atom is -0.294 e. The zero-order chi connectivity index (χ0) is 40.7. The number of hydrogen-bond acceptors (Lipinski definition) is 8. The van der Waals surface area contributed by atoms with E-state index in [1.165, 1.54) is 48.5 Å². The van der Waals surface area contributed by atoms with Crippen LogP contribution >= 0.6 is 21.4 Å². The molecule has 20 heteroatoms. The van der Waals surface area contributed by atoms with Gasteiger partial charge in [0.25, 0.3) is 18.1 Å². The van der Waals surface area contributed by atoms with E-state index in [1.807, 2.05) is 0 Å². The second-order valence-electron chi connectivity index (χ2n) is 11.4. The van der Waals surface area contributed by atoms with Crippen LogP contribution in [0.25, 0.3) is 22.3 Å². The molecule has 0 fully saturated rings. The first-order valence-corrected chi connectivity index (χ1v) is 19.3. The number of Topliss-reactive ketones (excluding diaryl/α,β-unsaturated/α-hetero) is 4. The van der Waals surface area contributed by atoms with Crippen LogP contribution < -0.4 is 0 Å². The molecule has 0 aromatic heterocycles. The maximum atomic E-state index is 14.6. The number of ketones is 4. The van der Waals surface area contributed by atoms with E-state index >= 15 is 0 Å². The van der Waals surface area contributed by atoms with Crippen molar-refractivity contribution in [1.82, 2.24) is 0 Å². The number of halogens is 10. The van der Waals surface area contributed by atoms with E-state index in [0.29, 0.717) is 22.3 Å². The van der Waals surface area contributed by atoms with Crippen LogP contribution in [0.4, 0.5) is 35.1 Å². The average Bonchev–Trinajstić information content (AvgIpc) is 3.10. The summed E-state index contributed by atoms with van der Waals surface area (Å²) in [6.45, 7) is 0. The predicted octanol–water partition coefficient (Wildman–Crippen LogP) is 8.40. The largest absolute Gasteiger partial charge is 0.386 e. The molecule has 4 rings (SSSR count). The molecule has 0 bridgehead atoms. The summed E-state index contributed by atoms with van der Waals surface area (Å²) in [7, 11) is 2.35. The van der Waals surface area contributed by atoms with Crippen molar-refractivity contribution in [3.63, 3.8) is 0 Å². The highest BCUT2D eigenvalue weighted by Gasteiger charge is 2.83. The molecule has 0 amide bonds. The van der Waals surface area contributed by atoms with Crippen LogP contribution in [0.1, 0.15) is 33.6 Å². The van der Waals surface area contributed by atoms with E-state index in [-0.39, 0.29) is 9.79 Å². The van der Waals surface area contributed by atoms with E-state index in [0.717, 1.165) is 48.5 Å². The summed E-state index contributed by atoms with van der Waals surface area (Å²) in [6, 6.07) is 18.1. The van der Waals surface area contributed by atoms with Crippen LogP contribution in [0.15, 0.2) is 107 Å². The monoisotopic (exact) mass is 842 g/mol. The molecule has 0 aliphatic carbocycles. The molecule has 8 nitrogen and oxygen atoms in total. The van der Waals surface area contributed by atoms with Crippen molar-refractivity contribution in [2.24, 2.45) is 0 Å². The first-order valence-electron chi connectivity index (χ1n) is 14.7. The van der Waals surface area contributed by atoms with Gasteiger partial charge in [-0.05, 0) is 46.5 Å². The van der Waals surface area contributed by atoms with Crippen molar-refractivity contribution >= 4 is 62.6 Å². The molecule has 4 aromatic rings. The maximum Gasteiger partial charge on any atom is 0.386 e. The molecule has 0 radical (unpaired) electrons. The standard InChI is InChI=1S/C34H20Cl2F8O8S2/c35-53(49,50)25-13-9-21(10-14-25)19-1-5-23(6-2-19)27(45)17-29(47)31(37,38)33(41,42)34(43,44)32(39,40)30(48)18-28(46)24-7-3-20(4-8-24)22-11-15-26(16-12-22)54(36,51)52/h1-16H,17-18H2. The Balaban J connectivity index is 1.44. The molecule has 0 aliphatic heterocycles. The zero-order valence-electron chi connectivity index (χ0n) is 26.5. The van der Waals surface area contributed by atoms with Gasteiger partial charge in [0, 0.05) is 32.5 Å². The van der Waals surface area contributed by atoms with E-state index in [1.54, 1.807) is 0 Å². The molecule has 0 saturated carbocycles. The number of rotatable bonds is 15. The fourth-order valence-corrected chi connectivity index (χ4v) is 6.32.